The first-order valence-electron chi connectivity index (χ1n) is 5.75. The summed E-state index contributed by atoms with van der Waals surface area (Å²) in [7, 11) is 0. The molecule has 3 rings (SSSR count). The highest BCUT2D eigenvalue weighted by Gasteiger charge is 2.05. The van der Waals surface area contributed by atoms with E-state index in [0.717, 1.165) is 11.3 Å². The normalized spacial score (nSPS) is 10.7. The fourth-order valence-corrected chi connectivity index (χ4v) is 2.61. The van der Waals surface area contributed by atoms with Crippen LogP contribution in [-0.2, 0) is 6.54 Å². The zero-order valence-electron chi connectivity index (χ0n) is 9.78. The molecule has 0 atom stereocenters. The van der Waals surface area contributed by atoms with Gasteiger partial charge in [0.05, 0.1) is 11.9 Å². The summed E-state index contributed by atoms with van der Waals surface area (Å²) in [5.74, 6) is 0. The maximum absolute atomic E-state index is 5.63. The Morgan fingerprint density at radius 3 is 2.72 bits per heavy atom. The van der Waals surface area contributed by atoms with Crippen LogP contribution in [0.4, 0.5) is 0 Å². The van der Waals surface area contributed by atoms with E-state index in [1.54, 1.807) is 11.3 Å². The van der Waals surface area contributed by atoms with Gasteiger partial charge in [0.15, 0.2) is 0 Å². The van der Waals surface area contributed by atoms with Gasteiger partial charge >= 0.3 is 0 Å². The highest BCUT2D eigenvalue weighted by atomic mass is 32.1. The molecule has 0 saturated carbocycles. The number of hydrogen-bond acceptors (Lipinski definition) is 3. The molecule has 0 unspecified atom stereocenters. The molecule has 4 heteroatoms. The van der Waals surface area contributed by atoms with Gasteiger partial charge in [-0.2, -0.15) is 5.10 Å². The van der Waals surface area contributed by atoms with Gasteiger partial charge < -0.3 is 5.73 Å². The number of hydrogen-bond donors (Lipinski definition) is 1. The standard InChI is InChI=1S/C14H13N3S/c15-7-14-6-11(10-18-14)12-8-16-17(9-12)13-4-2-1-3-5-13/h1-6,8-10H,7,15H2. The van der Waals surface area contributed by atoms with Crippen molar-refractivity contribution >= 4 is 11.3 Å². The minimum atomic E-state index is 0.595. The van der Waals surface area contributed by atoms with Gasteiger partial charge in [-0.3, -0.25) is 0 Å². The van der Waals surface area contributed by atoms with Crippen LogP contribution in [-0.4, -0.2) is 9.78 Å². The van der Waals surface area contributed by atoms with E-state index < -0.39 is 0 Å². The van der Waals surface area contributed by atoms with Crippen molar-refractivity contribution in [2.75, 3.05) is 0 Å². The van der Waals surface area contributed by atoms with Crippen molar-refractivity contribution in [3.63, 3.8) is 0 Å². The number of aromatic nitrogens is 2. The quantitative estimate of drug-likeness (QED) is 0.781. The van der Waals surface area contributed by atoms with Crippen molar-refractivity contribution in [2.45, 2.75) is 6.54 Å². The Morgan fingerprint density at radius 1 is 1.17 bits per heavy atom. The Kier molecular flexibility index (Phi) is 2.96. The van der Waals surface area contributed by atoms with E-state index in [1.165, 1.54) is 10.4 Å². The van der Waals surface area contributed by atoms with Gasteiger partial charge in [0, 0.05) is 23.2 Å². The van der Waals surface area contributed by atoms with E-state index in [1.807, 2.05) is 47.4 Å². The fourth-order valence-electron chi connectivity index (χ4n) is 1.83. The molecule has 0 radical (unpaired) electrons. The lowest BCUT2D eigenvalue weighted by molar-refractivity contribution is 0.881. The van der Waals surface area contributed by atoms with Crippen molar-refractivity contribution in [3.05, 3.63) is 59.0 Å². The smallest absolute Gasteiger partial charge is 0.0645 e. The predicted octanol–water partition coefficient (Wildman–Crippen LogP) is 3.06. The van der Waals surface area contributed by atoms with Gasteiger partial charge in [-0.25, -0.2) is 4.68 Å². The maximum Gasteiger partial charge on any atom is 0.0645 e. The lowest BCUT2D eigenvalue weighted by Crippen LogP contribution is -1.92. The fraction of sp³-hybridized carbons (Fsp3) is 0.0714. The van der Waals surface area contributed by atoms with Gasteiger partial charge in [-0.15, -0.1) is 11.3 Å². The summed E-state index contributed by atoms with van der Waals surface area (Å²) in [5, 5.41) is 6.51. The van der Waals surface area contributed by atoms with Crippen molar-refractivity contribution in [2.24, 2.45) is 5.73 Å². The molecule has 0 amide bonds. The Bertz CT molecular complexity index is 640. The highest BCUT2D eigenvalue weighted by Crippen LogP contribution is 2.25. The van der Waals surface area contributed by atoms with E-state index in [9.17, 15) is 0 Å². The zero-order chi connectivity index (χ0) is 12.4. The van der Waals surface area contributed by atoms with Crippen LogP contribution in [0.2, 0.25) is 0 Å². The summed E-state index contributed by atoms with van der Waals surface area (Å²) in [5.41, 5.74) is 9.00. The van der Waals surface area contributed by atoms with E-state index in [4.69, 9.17) is 5.73 Å². The highest BCUT2D eigenvalue weighted by molar-refractivity contribution is 7.10. The van der Waals surface area contributed by atoms with Crippen molar-refractivity contribution in [3.8, 4) is 16.8 Å². The average molecular weight is 255 g/mol. The van der Waals surface area contributed by atoms with Crippen LogP contribution in [0.3, 0.4) is 0 Å². The first-order chi connectivity index (χ1) is 8.86. The minimum Gasteiger partial charge on any atom is -0.326 e. The first kappa shape index (κ1) is 11.2. The molecule has 1 aromatic carbocycles. The summed E-state index contributed by atoms with van der Waals surface area (Å²) in [6, 6.07) is 12.2. The molecule has 0 spiro atoms. The SMILES string of the molecule is NCc1cc(-c2cnn(-c3ccccc3)c2)cs1. The Hall–Kier alpha value is -1.91. The monoisotopic (exact) mass is 255 g/mol. The van der Waals surface area contributed by atoms with E-state index in [0.29, 0.717) is 6.54 Å². The molecular formula is C14H13N3S. The lowest BCUT2D eigenvalue weighted by Gasteiger charge is -1.98. The Balaban J connectivity index is 1.94. The largest absolute Gasteiger partial charge is 0.326 e. The predicted molar refractivity (Wildman–Crippen MR) is 74.8 cm³/mol. The third-order valence-corrected chi connectivity index (χ3v) is 3.75. The third kappa shape index (κ3) is 2.08. The summed E-state index contributed by atoms with van der Waals surface area (Å²) >= 11 is 1.69. The molecule has 3 nitrogen and oxygen atoms in total. The summed E-state index contributed by atoms with van der Waals surface area (Å²) in [4.78, 5) is 1.19. The van der Waals surface area contributed by atoms with Crippen LogP contribution in [0.15, 0.2) is 54.2 Å². The van der Waals surface area contributed by atoms with Crippen LogP contribution in [0.25, 0.3) is 16.8 Å². The van der Waals surface area contributed by atoms with Crippen molar-refractivity contribution < 1.29 is 0 Å². The Labute approximate surface area is 109 Å². The van der Waals surface area contributed by atoms with Gasteiger partial charge in [-0.05, 0) is 29.1 Å². The van der Waals surface area contributed by atoms with Crippen LogP contribution in [0, 0.1) is 0 Å². The molecule has 2 aromatic heterocycles. The van der Waals surface area contributed by atoms with Gasteiger partial charge in [0.2, 0.25) is 0 Å². The van der Waals surface area contributed by atoms with Crippen LogP contribution in [0.1, 0.15) is 4.88 Å². The third-order valence-electron chi connectivity index (χ3n) is 2.79. The summed E-state index contributed by atoms with van der Waals surface area (Å²) in [6.45, 7) is 0.595. The molecule has 0 saturated heterocycles. The molecule has 2 N–H and O–H groups in total. The number of thiophene rings is 1. The number of nitrogens with zero attached hydrogens (tertiary/aromatic N) is 2. The number of benzene rings is 1. The molecule has 0 fully saturated rings. The molecule has 0 bridgehead atoms. The average Bonchev–Trinajstić information content (AvgIpc) is 3.08. The minimum absolute atomic E-state index is 0.595. The summed E-state index contributed by atoms with van der Waals surface area (Å²) < 4.78 is 1.88. The maximum atomic E-state index is 5.63. The molecule has 90 valence electrons. The lowest BCUT2D eigenvalue weighted by atomic mass is 10.2. The zero-order valence-corrected chi connectivity index (χ0v) is 10.6. The second-order valence-electron chi connectivity index (χ2n) is 4.01. The van der Waals surface area contributed by atoms with Crippen LogP contribution >= 0.6 is 11.3 Å². The molecule has 3 aromatic rings. The molecule has 0 aliphatic carbocycles. The van der Waals surface area contributed by atoms with Crippen LogP contribution in [0.5, 0.6) is 0 Å². The number of para-hydroxylation sites is 1. The topological polar surface area (TPSA) is 43.8 Å². The van der Waals surface area contributed by atoms with Gasteiger partial charge in [0.1, 0.15) is 0 Å². The van der Waals surface area contributed by atoms with E-state index in [-0.39, 0.29) is 0 Å². The first-order valence-corrected chi connectivity index (χ1v) is 6.63. The summed E-state index contributed by atoms with van der Waals surface area (Å²) in [6.07, 6.45) is 3.92. The van der Waals surface area contributed by atoms with Gasteiger partial charge in [0.25, 0.3) is 0 Å². The second-order valence-corrected chi connectivity index (χ2v) is 5.01. The number of rotatable bonds is 3. The molecule has 0 aliphatic heterocycles. The molecular weight excluding hydrogens is 242 g/mol. The van der Waals surface area contributed by atoms with Crippen LogP contribution < -0.4 is 5.73 Å². The molecule has 0 aliphatic rings. The van der Waals surface area contributed by atoms with E-state index >= 15 is 0 Å². The number of nitrogens with two attached hydrogens (primary N) is 1. The second kappa shape index (κ2) is 4.76. The van der Waals surface area contributed by atoms with Gasteiger partial charge in [-0.1, -0.05) is 18.2 Å². The molecule has 2 heterocycles. The van der Waals surface area contributed by atoms with E-state index in [2.05, 4.69) is 16.5 Å². The van der Waals surface area contributed by atoms with Crippen molar-refractivity contribution in [1.29, 1.82) is 0 Å². The van der Waals surface area contributed by atoms with Crippen molar-refractivity contribution in [1.82, 2.24) is 9.78 Å². The molecule has 18 heavy (non-hydrogen) atoms. The Morgan fingerprint density at radius 2 is 2.00 bits per heavy atom.